The second-order valence-corrected chi connectivity index (χ2v) is 7.59. The van der Waals surface area contributed by atoms with Gasteiger partial charge in [-0.1, -0.05) is 6.08 Å². The molecule has 1 aliphatic heterocycles. The number of fused-ring (bicyclic) bond motifs is 2. The van der Waals surface area contributed by atoms with Crippen molar-refractivity contribution in [3.05, 3.63) is 65.3 Å². The van der Waals surface area contributed by atoms with Crippen LogP contribution in [0.2, 0.25) is 0 Å². The second kappa shape index (κ2) is 6.35. The molecule has 4 aromatic rings. The first-order chi connectivity index (χ1) is 13.2. The predicted molar refractivity (Wildman–Crippen MR) is 104 cm³/mol. The van der Waals surface area contributed by atoms with E-state index in [2.05, 4.69) is 16.0 Å². The molecule has 0 saturated carbocycles. The molecule has 1 amide bonds. The van der Waals surface area contributed by atoms with Crippen LogP contribution >= 0.6 is 11.3 Å². The Morgan fingerprint density at radius 1 is 1.37 bits per heavy atom. The molecule has 27 heavy (non-hydrogen) atoms. The molecule has 136 valence electrons. The molecule has 0 spiro atoms. The number of amides is 1. The summed E-state index contributed by atoms with van der Waals surface area (Å²) in [6.07, 6.45) is 8.99. The number of nitrogens with one attached hydrogen (secondary N) is 1. The van der Waals surface area contributed by atoms with E-state index in [-0.39, 0.29) is 11.7 Å². The van der Waals surface area contributed by atoms with E-state index in [1.807, 2.05) is 33.3 Å². The largest absolute Gasteiger partial charge is 0.360 e. The summed E-state index contributed by atoms with van der Waals surface area (Å²) < 4.78 is 15.3. The molecule has 0 atom stereocenters. The topological polar surface area (TPSA) is 53.4 Å². The molecular weight excluding hydrogens is 363 g/mol. The number of carbonyl (C=O) groups excluding carboxylic acids is 1. The van der Waals surface area contributed by atoms with Gasteiger partial charge in [-0.2, -0.15) is 0 Å². The third-order valence-corrected chi connectivity index (χ3v) is 5.80. The van der Waals surface area contributed by atoms with Gasteiger partial charge in [-0.3, -0.25) is 9.20 Å². The highest BCUT2D eigenvalue weighted by atomic mass is 32.1. The van der Waals surface area contributed by atoms with Crippen molar-refractivity contribution in [2.24, 2.45) is 0 Å². The molecule has 7 heteroatoms. The van der Waals surface area contributed by atoms with Crippen LogP contribution in [-0.2, 0) is 11.2 Å². The number of aromatic amines is 1. The smallest absolute Gasteiger partial charge is 0.228 e. The Labute approximate surface area is 158 Å². The van der Waals surface area contributed by atoms with Gasteiger partial charge in [0.05, 0.1) is 12.1 Å². The fourth-order valence-electron chi connectivity index (χ4n) is 3.63. The highest BCUT2D eigenvalue weighted by Crippen LogP contribution is 2.29. The quantitative estimate of drug-likeness (QED) is 0.587. The van der Waals surface area contributed by atoms with E-state index < -0.39 is 0 Å². The number of imidazole rings is 1. The second-order valence-electron chi connectivity index (χ2n) is 6.71. The highest BCUT2D eigenvalue weighted by Gasteiger charge is 2.20. The van der Waals surface area contributed by atoms with Crippen LogP contribution in [0.4, 0.5) is 4.39 Å². The van der Waals surface area contributed by atoms with E-state index in [1.54, 1.807) is 17.4 Å². The Bertz CT molecular complexity index is 1160. The molecule has 0 fully saturated rings. The van der Waals surface area contributed by atoms with Gasteiger partial charge in [0.1, 0.15) is 5.82 Å². The summed E-state index contributed by atoms with van der Waals surface area (Å²) in [5.74, 6) is -0.151. The van der Waals surface area contributed by atoms with Crippen molar-refractivity contribution in [3.8, 4) is 0 Å². The number of carbonyl (C=O) groups is 1. The van der Waals surface area contributed by atoms with Crippen molar-refractivity contribution in [2.75, 3.05) is 13.1 Å². The lowest BCUT2D eigenvalue weighted by Gasteiger charge is -2.26. The minimum atomic E-state index is -0.246. The van der Waals surface area contributed by atoms with Gasteiger partial charge in [0, 0.05) is 53.5 Å². The van der Waals surface area contributed by atoms with E-state index in [0.717, 1.165) is 33.5 Å². The van der Waals surface area contributed by atoms with Crippen LogP contribution in [-0.4, -0.2) is 38.3 Å². The molecule has 3 aromatic heterocycles. The van der Waals surface area contributed by atoms with E-state index in [9.17, 15) is 9.18 Å². The number of halogens is 1. The van der Waals surface area contributed by atoms with Gasteiger partial charge < -0.3 is 9.88 Å². The van der Waals surface area contributed by atoms with Crippen LogP contribution in [0.25, 0.3) is 21.4 Å². The number of aromatic nitrogens is 3. The molecule has 0 aliphatic carbocycles. The van der Waals surface area contributed by atoms with E-state index >= 15 is 0 Å². The summed E-state index contributed by atoms with van der Waals surface area (Å²) in [5, 5.41) is 2.99. The lowest BCUT2D eigenvalue weighted by Crippen LogP contribution is -2.35. The summed E-state index contributed by atoms with van der Waals surface area (Å²) in [7, 11) is 0. The minimum Gasteiger partial charge on any atom is -0.360 e. The van der Waals surface area contributed by atoms with E-state index in [0.29, 0.717) is 19.5 Å². The average Bonchev–Trinajstić information content (AvgIpc) is 3.36. The zero-order valence-corrected chi connectivity index (χ0v) is 15.3. The van der Waals surface area contributed by atoms with Crippen molar-refractivity contribution in [1.29, 1.82) is 0 Å². The normalized spacial score (nSPS) is 14.9. The molecule has 5 rings (SSSR count). The number of hydrogen-bond acceptors (Lipinski definition) is 3. The van der Waals surface area contributed by atoms with Crippen LogP contribution in [0.3, 0.4) is 0 Å². The number of benzene rings is 1. The van der Waals surface area contributed by atoms with E-state index in [1.165, 1.54) is 17.7 Å². The van der Waals surface area contributed by atoms with Crippen LogP contribution in [0.5, 0.6) is 0 Å². The maximum Gasteiger partial charge on any atom is 0.228 e. The number of hydrogen-bond donors (Lipinski definition) is 1. The number of nitrogens with zero attached hydrogens (tertiary/aromatic N) is 3. The van der Waals surface area contributed by atoms with Crippen molar-refractivity contribution < 1.29 is 9.18 Å². The summed E-state index contributed by atoms with van der Waals surface area (Å²) in [5.41, 5.74) is 3.88. The van der Waals surface area contributed by atoms with Crippen molar-refractivity contribution >= 4 is 38.7 Å². The van der Waals surface area contributed by atoms with E-state index in [4.69, 9.17) is 0 Å². The zero-order valence-electron chi connectivity index (χ0n) is 14.5. The van der Waals surface area contributed by atoms with Crippen LogP contribution in [0, 0.1) is 5.82 Å². The first-order valence-electron chi connectivity index (χ1n) is 8.82. The summed E-state index contributed by atoms with van der Waals surface area (Å²) in [6, 6.07) is 4.79. The Morgan fingerprint density at radius 3 is 3.11 bits per heavy atom. The Kier molecular flexibility index (Phi) is 3.82. The van der Waals surface area contributed by atoms with Gasteiger partial charge >= 0.3 is 0 Å². The van der Waals surface area contributed by atoms with Gasteiger partial charge in [0.15, 0.2) is 4.96 Å². The lowest BCUT2D eigenvalue weighted by molar-refractivity contribution is -0.130. The van der Waals surface area contributed by atoms with Crippen molar-refractivity contribution in [3.63, 3.8) is 0 Å². The Balaban J connectivity index is 1.31. The van der Waals surface area contributed by atoms with Crippen molar-refractivity contribution in [1.82, 2.24) is 19.3 Å². The fourth-order valence-corrected chi connectivity index (χ4v) is 4.35. The first kappa shape index (κ1) is 16.3. The third-order valence-electron chi connectivity index (χ3n) is 5.03. The zero-order chi connectivity index (χ0) is 18.4. The summed E-state index contributed by atoms with van der Waals surface area (Å²) in [6.45, 7) is 1.27. The number of rotatable bonds is 3. The molecular formula is C20H17FN4OS. The molecule has 1 aromatic carbocycles. The Morgan fingerprint density at radius 2 is 2.30 bits per heavy atom. The van der Waals surface area contributed by atoms with Crippen LogP contribution in [0.1, 0.15) is 17.7 Å². The minimum absolute atomic E-state index is 0.0945. The molecule has 1 aliphatic rings. The van der Waals surface area contributed by atoms with Gasteiger partial charge in [0.2, 0.25) is 5.91 Å². The molecule has 0 radical (unpaired) electrons. The van der Waals surface area contributed by atoms with Gasteiger partial charge in [-0.25, -0.2) is 9.37 Å². The van der Waals surface area contributed by atoms with Gasteiger partial charge in [-0.05, 0) is 30.2 Å². The summed E-state index contributed by atoms with van der Waals surface area (Å²) >= 11 is 1.56. The number of H-pyrrole nitrogens is 1. The third kappa shape index (κ3) is 2.94. The fraction of sp³-hybridized carbons (Fsp3) is 0.200. The first-order valence-corrected chi connectivity index (χ1v) is 9.70. The van der Waals surface area contributed by atoms with Crippen molar-refractivity contribution in [2.45, 2.75) is 12.8 Å². The van der Waals surface area contributed by atoms with Gasteiger partial charge in [0.25, 0.3) is 0 Å². The average molecular weight is 380 g/mol. The van der Waals surface area contributed by atoms with Gasteiger partial charge in [-0.15, -0.1) is 11.3 Å². The summed E-state index contributed by atoms with van der Waals surface area (Å²) in [4.78, 5) is 23.0. The number of thiazole rings is 1. The lowest BCUT2D eigenvalue weighted by atomic mass is 9.98. The molecule has 4 heterocycles. The van der Waals surface area contributed by atoms with Crippen LogP contribution in [0.15, 0.2) is 48.2 Å². The Hall–Kier alpha value is -2.93. The molecule has 0 bridgehead atoms. The highest BCUT2D eigenvalue weighted by molar-refractivity contribution is 7.15. The maximum absolute atomic E-state index is 13.4. The molecule has 1 N–H and O–H groups in total. The predicted octanol–water partition coefficient (Wildman–Crippen LogP) is 3.87. The monoisotopic (exact) mass is 380 g/mol. The maximum atomic E-state index is 13.4. The molecule has 5 nitrogen and oxygen atoms in total. The van der Waals surface area contributed by atoms with Crippen LogP contribution < -0.4 is 0 Å². The SMILES string of the molecule is O=C(Cc1cn2ccsc2n1)N1CC=C(c2c[nH]c3cc(F)ccc23)CC1. The molecule has 0 saturated heterocycles. The standard InChI is InChI=1S/C20H17FN4OS/c21-14-1-2-16-17(11-22-18(16)9-14)13-3-5-24(6-4-13)19(26)10-15-12-25-7-8-27-20(25)23-15/h1-3,7-9,11-12,22H,4-6,10H2. The molecule has 0 unspecified atom stereocenters.